The van der Waals surface area contributed by atoms with Gasteiger partial charge >= 0.3 is 5.97 Å². The lowest BCUT2D eigenvalue weighted by Gasteiger charge is -2.12. The molecule has 0 spiro atoms. The van der Waals surface area contributed by atoms with Crippen molar-refractivity contribution in [1.82, 2.24) is 0 Å². The van der Waals surface area contributed by atoms with E-state index >= 15 is 0 Å². The van der Waals surface area contributed by atoms with Gasteiger partial charge in [0.05, 0.1) is 11.5 Å². The van der Waals surface area contributed by atoms with Gasteiger partial charge in [-0.2, -0.15) is 5.26 Å². The van der Waals surface area contributed by atoms with Crippen LogP contribution in [0.2, 0.25) is 0 Å². The normalized spacial score (nSPS) is 20.7. The van der Waals surface area contributed by atoms with E-state index in [1.807, 2.05) is 0 Å². The van der Waals surface area contributed by atoms with Crippen molar-refractivity contribution in [3.8, 4) is 6.07 Å². The van der Waals surface area contributed by atoms with Gasteiger partial charge in [-0.1, -0.05) is 37.6 Å². The van der Waals surface area contributed by atoms with Crippen LogP contribution in [-0.2, 0) is 22.6 Å². The summed E-state index contributed by atoms with van der Waals surface area (Å²) in [4.78, 5) is 12.2. The number of nitrogens with zero attached hydrogens (tertiary/aromatic N) is 1. The predicted octanol–water partition coefficient (Wildman–Crippen LogP) is 4.93. The van der Waals surface area contributed by atoms with Crippen molar-refractivity contribution in [3.63, 3.8) is 0 Å². The van der Waals surface area contributed by atoms with Gasteiger partial charge in [0.15, 0.2) is 23.3 Å². The van der Waals surface area contributed by atoms with Crippen molar-refractivity contribution >= 4 is 17.6 Å². The zero-order valence-corrected chi connectivity index (χ0v) is 15.3. The largest absolute Gasteiger partial charge is 0.460 e. The second-order valence-electron chi connectivity index (χ2n) is 6.76. The molecule has 0 radical (unpaired) electrons. The van der Waals surface area contributed by atoms with E-state index in [1.54, 1.807) is 19.9 Å². The van der Waals surface area contributed by atoms with Crippen LogP contribution in [0.1, 0.15) is 25.0 Å². The number of carbonyl (C=O) groups is 1. The highest BCUT2D eigenvalue weighted by Crippen LogP contribution is 2.60. The molecule has 1 aliphatic rings. The number of hydrogen-bond donors (Lipinski definition) is 0. The molecule has 2 atom stereocenters. The summed E-state index contributed by atoms with van der Waals surface area (Å²) in [7, 11) is 0. The third-order valence-corrected chi connectivity index (χ3v) is 4.96. The summed E-state index contributed by atoms with van der Waals surface area (Å²) in [6.45, 7) is 5.76. The van der Waals surface area contributed by atoms with Crippen molar-refractivity contribution in [1.29, 1.82) is 5.26 Å². The molecule has 1 aromatic rings. The molecule has 27 heavy (non-hydrogen) atoms. The number of halogens is 5. The van der Waals surface area contributed by atoms with Gasteiger partial charge in [0.1, 0.15) is 17.7 Å². The average molecular weight is 402 g/mol. The van der Waals surface area contributed by atoms with Crippen molar-refractivity contribution in [3.05, 3.63) is 58.2 Å². The Morgan fingerprint density at radius 2 is 1.74 bits per heavy atom. The van der Waals surface area contributed by atoms with Crippen LogP contribution in [0.15, 0.2) is 23.8 Å². The van der Waals surface area contributed by atoms with Crippen LogP contribution in [0.3, 0.4) is 0 Å². The average Bonchev–Trinajstić information content (AvgIpc) is 3.16. The van der Waals surface area contributed by atoms with Gasteiger partial charge in [0, 0.05) is 5.56 Å². The Hall–Kier alpha value is -2.33. The van der Waals surface area contributed by atoms with E-state index in [4.69, 9.17) is 21.6 Å². The summed E-state index contributed by atoms with van der Waals surface area (Å²) in [6, 6.07) is 1.72. The molecule has 1 fully saturated rings. The van der Waals surface area contributed by atoms with Gasteiger partial charge in [0.2, 0.25) is 0 Å². The molecular formula is C19H16ClF4NO2. The second kappa shape index (κ2) is 7.73. The van der Waals surface area contributed by atoms with Crippen LogP contribution < -0.4 is 0 Å². The standard InChI is InChI=1S/C19H16ClF4NO2/c1-4-5-10-14(21)16(23)11(17(24)15(10)22)8-27-18(26)13-12(19(13,2)3)6-9(20)7-25/h4,6,12-13H,1,5,8H2,2-3H3/b9-6+. The van der Waals surface area contributed by atoms with Gasteiger partial charge in [-0.05, 0) is 17.8 Å². The van der Waals surface area contributed by atoms with E-state index in [9.17, 15) is 22.4 Å². The first-order valence-electron chi connectivity index (χ1n) is 7.96. The first-order chi connectivity index (χ1) is 12.6. The van der Waals surface area contributed by atoms with E-state index in [0.717, 1.165) is 6.08 Å². The smallest absolute Gasteiger partial charge is 0.310 e. The van der Waals surface area contributed by atoms with Crippen molar-refractivity contribution in [2.45, 2.75) is 26.9 Å². The number of benzene rings is 1. The number of carbonyl (C=O) groups excluding carboxylic acids is 1. The highest BCUT2D eigenvalue weighted by Gasteiger charge is 2.61. The summed E-state index contributed by atoms with van der Waals surface area (Å²) < 4.78 is 60.9. The molecule has 0 N–H and O–H groups in total. The number of ether oxygens (including phenoxy) is 1. The Bertz CT molecular complexity index is 844. The summed E-state index contributed by atoms with van der Waals surface area (Å²) in [5.74, 6) is -8.22. The third kappa shape index (κ3) is 3.86. The number of esters is 1. The number of nitriles is 1. The molecule has 1 aliphatic carbocycles. The highest BCUT2D eigenvalue weighted by molar-refractivity contribution is 6.31. The molecule has 0 amide bonds. The summed E-state index contributed by atoms with van der Waals surface area (Å²) in [5, 5.41) is 8.61. The van der Waals surface area contributed by atoms with Crippen molar-refractivity contribution in [2.75, 3.05) is 0 Å². The summed E-state index contributed by atoms with van der Waals surface area (Å²) >= 11 is 5.65. The minimum atomic E-state index is -1.61. The molecule has 0 bridgehead atoms. The number of allylic oxidation sites excluding steroid dienone is 3. The topological polar surface area (TPSA) is 50.1 Å². The molecular weight excluding hydrogens is 386 g/mol. The van der Waals surface area contributed by atoms with E-state index < -0.39 is 70.6 Å². The summed E-state index contributed by atoms with van der Waals surface area (Å²) in [5.41, 5.74) is -2.36. The fourth-order valence-electron chi connectivity index (χ4n) is 3.04. The number of rotatable bonds is 6. The predicted molar refractivity (Wildman–Crippen MR) is 90.3 cm³/mol. The van der Waals surface area contributed by atoms with Crippen LogP contribution in [0.4, 0.5) is 17.6 Å². The van der Waals surface area contributed by atoms with Crippen LogP contribution in [0, 0.1) is 51.9 Å². The SMILES string of the molecule is C=CCc1c(F)c(F)c(COC(=O)C2C(/C=C(/Cl)C#N)C2(C)C)c(F)c1F. The van der Waals surface area contributed by atoms with Gasteiger partial charge in [-0.25, -0.2) is 17.6 Å². The Balaban J connectivity index is 2.19. The fraction of sp³-hybridized carbons (Fsp3) is 0.368. The van der Waals surface area contributed by atoms with Crippen LogP contribution >= 0.6 is 11.6 Å². The van der Waals surface area contributed by atoms with Gasteiger partial charge in [-0.3, -0.25) is 4.79 Å². The minimum Gasteiger partial charge on any atom is -0.460 e. The molecule has 1 aromatic carbocycles. The zero-order chi connectivity index (χ0) is 20.5. The Morgan fingerprint density at radius 1 is 1.22 bits per heavy atom. The molecule has 0 aromatic heterocycles. The van der Waals surface area contributed by atoms with E-state index in [0.29, 0.717) is 0 Å². The van der Waals surface area contributed by atoms with E-state index in [2.05, 4.69) is 6.58 Å². The van der Waals surface area contributed by atoms with Gasteiger partial charge in [0.25, 0.3) is 0 Å². The maximum atomic E-state index is 14.1. The molecule has 144 valence electrons. The van der Waals surface area contributed by atoms with Crippen LogP contribution in [0.5, 0.6) is 0 Å². The van der Waals surface area contributed by atoms with E-state index in [1.165, 1.54) is 6.08 Å². The lowest BCUT2D eigenvalue weighted by atomic mass is 10.1. The van der Waals surface area contributed by atoms with Crippen LogP contribution in [-0.4, -0.2) is 5.97 Å². The Morgan fingerprint density at radius 3 is 2.22 bits per heavy atom. The second-order valence-corrected chi connectivity index (χ2v) is 7.17. The maximum absolute atomic E-state index is 14.1. The molecule has 3 nitrogen and oxygen atoms in total. The first-order valence-corrected chi connectivity index (χ1v) is 8.34. The molecule has 2 unspecified atom stereocenters. The molecule has 2 rings (SSSR count). The quantitative estimate of drug-likeness (QED) is 0.223. The molecule has 8 heteroatoms. The van der Waals surface area contributed by atoms with Gasteiger partial charge in [-0.15, -0.1) is 6.58 Å². The van der Waals surface area contributed by atoms with Crippen LogP contribution in [0.25, 0.3) is 0 Å². The van der Waals surface area contributed by atoms with E-state index in [-0.39, 0.29) is 5.03 Å². The lowest BCUT2D eigenvalue weighted by molar-refractivity contribution is -0.147. The first kappa shape index (κ1) is 21.0. The van der Waals surface area contributed by atoms with Gasteiger partial charge < -0.3 is 4.74 Å². The number of hydrogen-bond acceptors (Lipinski definition) is 3. The molecule has 0 aliphatic heterocycles. The summed E-state index contributed by atoms with van der Waals surface area (Å²) in [6.07, 6.45) is 2.11. The van der Waals surface area contributed by atoms with Crippen molar-refractivity contribution in [2.24, 2.45) is 17.3 Å². The highest BCUT2D eigenvalue weighted by atomic mass is 35.5. The molecule has 1 saturated carbocycles. The Labute approximate surface area is 158 Å². The minimum absolute atomic E-state index is 0.0950. The maximum Gasteiger partial charge on any atom is 0.310 e. The molecule has 0 saturated heterocycles. The zero-order valence-electron chi connectivity index (χ0n) is 14.6. The van der Waals surface area contributed by atoms with Crippen molar-refractivity contribution < 1.29 is 27.1 Å². The fourth-order valence-corrected chi connectivity index (χ4v) is 3.18. The third-order valence-electron chi connectivity index (χ3n) is 4.75. The molecule has 0 heterocycles. The monoisotopic (exact) mass is 401 g/mol. The lowest BCUT2D eigenvalue weighted by Crippen LogP contribution is -2.14. The Kier molecular flexibility index (Phi) is 6.01.